The van der Waals surface area contributed by atoms with Gasteiger partial charge in [0.1, 0.15) is 0 Å². The van der Waals surface area contributed by atoms with E-state index in [1.807, 2.05) is 24.4 Å². The van der Waals surface area contributed by atoms with Crippen LogP contribution in [0, 0.1) is 0 Å². The molecule has 1 aliphatic heterocycles. The molecule has 4 heteroatoms. The molecule has 1 fully saturated rings. The van der Waals surface area contributed by atoms with Crippen molar-refractivity contribution in [2.24, 2.45) is 0 Å². The number of hydrogen-bond donors (Lipinski definition) is 2. The molecule has 1 atom stereocenters. The Bertz CT molecular complexity index is 518. The van der Waals surface area contributed by atoms with E-state index in [1.165, 1.54) is 24.0 Å². The Morgan fingerprint density at radius 3 is 3.00 bits per heavy atom. The van der Waals surface area contributed by atoms with Gasteiger partial charge in [-0.3, -0.25) is 5.10 Å². The molecule has 1 aliphatic rings. The van der Waals surface area contributed by atoms with Gasteiger partial charge >= 0.3 is 0 Å². The van der Waals surface area contributed by atoms with Crippen LogP contribution < -0.4 is 5.32 Å². The summed E-state index contributed by atoms with van der Waals surface area (Å²) in [6.07, 6.45) is 5.88. The van der Waals surface area contributed by atoms with Crippen molar-refractivity contribution in [3.8, 4) is 11.3 Å². The van der Waals surface area contributed by atoms with Gasteiger partial charge in [0.05, 0.1) is 18.0 Å². The summed E-state index contributed by atoms with van der Waals surface area (Å²) in [5, 5.41) is 10.7. The van der Waals surface area contributed by atoms with Crippen molar-refractivity contribution in [1.82, 2.24) is 15.5 Å². The number of nitrogens with zero attached hydrogens (tertiary/aromatic N) is 1. The Kier molecular flexibility index (Phi) is 4.46. The maximum atomic E-state index is 5.62. The topological polar surface area (TPSA) is 49.9 Å². The predicted molar refractivity (Wildman–Crippen MR) is 79.3 cm³/mol. The number of H-pyrrole nitrogens is 1. The summed E-state index contributed by atoms with van der Waals surface area (Å²) in [6.45, 7) is 2.77. The SMILES string of the molecule is c1ccc(-c2[nH]ncc2CNCC[C@@H]2CCCO2)cc1. The molecule has 0 saturated carbocycles. The van der Waals surface area contributed by atoms with Crippen LogP contribution in [0.5, 0.6) is 0 Å². The van der Waals surface area contributed by atoms with E-state index in [0.29, 0.717) is 6.10 Å². The third-order valence-corrected chi connectivity index (χ3v) is 3.76. The van der Waals surface area contributed by atoms with Crippen LogP contribution in [0.3, 0.4) is 0 Å². The molecule has 106 valence electrons. The molecule has 1 saturated heterocycles. The summed E-state index contributed by atoms with van der Waals surface area (Å²) in [5.41, 5.74) is 3.50. The highest BCUT2D eigenvalue weighted by atomic mass is 16.5. The molecule has 0 unspecified atom stereocenters. The second-order valence-electron chi connectivity index (χ2n) is 5.24. The molecule has 0 aliphatic carbocycles. The number of ether oxygens (including phenoxy) is 1. The summed E-state index contributed by atoms with van der Waals surface area (Å²) < 4.78 is 5.62. The van der Waals surface area contributed by atoms with E-state index in [1.54, 1.807) is 0 Å². The van der Waals surface area contributed by atoms with Gasteiger partial charge in [0, 0.05) is 18.7 Å². The van der Waals surface area contributed by atoms with Crippen molar-refractivity contribution in [2.45, 2.75) is 31.9 Å². The van der Waals surface area contributed by atoms with Crippen molar-refractivity contribution in [2.75, 3.05) is 13.2 Å². The molecule has 1 aromatic carbocycles. The van der Waals surface area contributed by atoms with Crippen molar-refractivity contribution in [3.63, 3.8) is 0 Å². The average molecular weight is 271 g/mol. The van der Waals surface area contributed by atoms with Crippen LogP contribution in [-0.4, -0.2) is 29.5 Å². The Morgan fingerprint density at radius 2 is 2.20 bits per heavy atom. The predicted octanol–water partition coefficient (Wildman–Crippen LogP) is 2.74. The van der Waals surface area contributed by atoms with Crippen molar-refractivity contribution in [3.05, 3.63) is 42.1 Å². The van der Waals surface area contributed by atoms with Gasteiger partial charge in [0.25, 0.3) is 0 Å². The molecule has 1 aromatic heterocycles. The molecule has 0 spiro atoms. The second-order valence-corrected chi connectivity index (χ2v) is 5.24. The van der Waals surface area contributed by atoms with Gasteiger partial charge in [-0.05, 0) is 31.4 Å². The standard InChI is InChI=1S/C16H21N3O/c1-2-5-13(6-3-1)16-14(12-18-19-16)11-17-9-8-15-7-4-10-20-15/h1-3,5-6,12,15,17H,4,7-11H2,(H,18,19)/t15-/m0/s1. The highest BCUT2D eigenvalue weighted by Gasteiger charge is 2.14. The highest BCUT2D eigenvalue weighted by Crippen LogP contribution is 2.20. The molecule has 0 bridgehead atoms. The van der Waals surface area contributed by atoms with Crippen LogP contribution in [0.1, 0.15) is 24.8 Å². The molecule has 3 rings (SSSR count). The van der Waals surface area contributed by atoms with Crippen molar-refractivity contribution >= 4 is 0 Å². The van der Waals surface area contributed by atoms with Crippen LogP contribution in [0.2, 0.25) is 0 Å². The zero-order valence-electron chi connectivity index (χ0n) is 11.6. The summed E-state index contributed by atoms with van der Waals surface area (Å²) in [5.74, 6) is 0. The number of aromatic nitrogens is 2. The largest absolute Gasteiger partial charge is 0.378 e. The average Bonchev–Trinajstić information content (AvgIpc) is 3.16. The van der Waals surface area contributed by atoms with E-state index in [9.17, 15) is 0 Å². The molecule has 0 amide bonds. The molecule has 20 heavy (non-hydrogen) atoms. The highest BCUT2D eigenvalue weighted by molar-refractivity contribution is 5.62. The molecule has 4 nitrogen and oxygen atoms in total. The van der Waals surface area contributed by atoms with E-state index in [0.717, 1.165) is 31.8 Å². The zero-order chi connectivity index (χ0) is 13.6. The van der Waals surface area contributed by atoms with Crippen molar-refractivity contribution < 1.29 is 4.74 Å². The Balaban J connectivity index is 1.52. The van der Waals surface area contributed by atoms with Gasteiger partial charge in [0.2, 0.25) is 0 Å². The lowest BCUT2D eigenvalue weighted by molar-refractivity contribution is 0.104. The minimum Gasteiger partial charge on any atom is -0.378 e. The fraction of sp³-hybridized carbons (Fsp3) is 0.438. The fourth-order valence-electron chi connectivity index (χ4n) is 2.66. The molecule has 2 N–H and O–H groups in total. The van der Waals surface area contributed by atoms with Crippen LogP contribution in [0.25, 0.3) is 11.3 Å². The first-order valence-electron chi connectivity index (χ1n) is 7.33. The van der Waals surface area contributed by atoms with E-state index < -0.39 is 0 Å². The first-order valence-corrected chi connectivity index (χ1v) is 7.33. The Labute approximate surface area is 119 Å². The monoisotopic (exact) mass is 271 g/mol. The quantitative estimate of drug-likeness (QED) is 0.794. The Morgan fingerprint density at radius 1 is 1.30 bits per heavy atom. The molecule has 2 aromatic rings. The molecular formula is C16H21N3O. The van der Waals surface area contributed by atoms with Gasteiger partial charge in [0.15, 0.2) is 0 Å². The summed E-state index contributed by atoms with van der Waals surface area (Å²) in [7, 11) is 0. The number of hydrogen-bond acceptors (Lipinski definition) is 3. The van der Waals surface area contributed by atoms with E-state index >= 15 is 0 Å². The van der Waals surface area contributed by atoms with Crippen molar-refractivity contribution in [1.29, 1.82) is 0 Å². The Hall–Kier alpha value is -1.65. The fourth-order valence-corrected chi connectivity index (χ4v) is 2.66. The lowest BCUT2D eigenvalue weighted by Gasteiger charge is -2.10. The molecule has 2 heterocycles. The van der Waals surface area contributed by atoms with Gasteiger partial charge in [-0.1, -0.05) is 30.3 Å². The first-order chi connectivity index (χ1) is 9.93. The first kappa shape index (κ1) is 13.3. The maximum Gasteiger partial charge on any atom is 0.0695 e. The van der Waals surface area contributed by atoms with E-state index in [4.69, 9.17) is 4.74 Å². The minimum atomic E-state index is 0.459. The number of rotatable bonds is 6. The van der Waals surface area contributed by atoms with Crippen LogP contribution in [-0.2, 0) is 11.3 Å². The third-order valence-electron chi connectivity index (χ3n) is 3.76. The van der Waals surface area contributed by atoms with Gasteiger partial charge in [-0.2, -0.15) is 5.10 Å². The maximum absolute atomic E-state index is 5.62. The van der Waals surface area contributed by atoms with Gasteiger partial charge in [-0.25, -0.2) is 0 Å². The normalized spacial score (nSPS) is 18.5. The third kappa shape index (κ3) is 3.26. The smallest absolute Gasteiger partial charge is 0.0695 e. The van der Waals surface area contributed by atoms with E-state index in [-0.39, 0.29) is 0 Å². The summed E-state index contributed by atoms with van der Waals surface area (Å²) >= 11 is 0. The number of nitrogens with one attached hydrogen (secondary N) is 2. The minimum absolute atomic E-state index is 0.459. The van der Waals surface area contributed by atoms with E-state index in [2.05, 4.69) is 27.6 Å². The summed E-state index contributed by atoms with van der Waals surface area (Å²) in [6, 6.07) is 10.3. The number of aromatic amines is 1. The second kappa shape index (κ2) is 6.68. The lowest BCUT2D eigenvalue weighted by Crippen LogP contribution is -2.19. The molecular weight excluding hydrogens is 250 g/mol. The van der Waals surface area contributed by atoms with Crippen LogP contribution in [0.15, 0.2) is 36.5 Å². The molecule has 0 radical (unpaired) electrons. The summed E-state index contributed by atoms with van der Waals surface area (Å²) in [4.78, 5) is 0. The number of benzene rings is 1. The zero-order valence-corrected chi connectivity index (χ0v) is 11.6. The van der Waals surface area contributed by atoms with Crippen LogP contribution >= 0.6 is 0 Å². The van der Waals surface area contributed by atoms with Gasteiger partial charge in [-0.15, -0.1) is 0 Å². The lowest BCUT2D eigenvalue weighted by atomic mass is 10.1. The van der Waals surface area contributed by atoms with Crippen LogP contribution in [0.4, 0.5) is 0 Å². The van der Waals surface area contributed by atoms with Gasteiger partial charge < -0.3 is 10.1 Å².